The molecule has 0 atom stereocenters. The molecular weight excluding hydrogens is 292 g/mol. The van der Waals surface area contributed by atoms with Gasteiger partial charge < -0.3 is 9.84 Å². The zero-order chi connectivity index (χ0) is 15.1. The fourth-order valence-electron chi connectivity index (χ4n) is 2.23. The molecule has 0 spiro atoms. The topological polar surface area (TPSA) is 78.9 Å². The number of hydrogen-bond acceptors (Lipinski definition) is 5. The van der Waals surface area contributed by atoms with E-state index in [-0.39, 0.29) is 11.5 Å². The third kappa shape index (κ3) is 5.05. The maximum Gasteiger partial charge on any atom is 0.240 e. The minimum absolute atomic E-state index is 0.166. The third-order valence-electron chi connectivity index (χ3n) is 3.44. The van der Waals surface area contributed by atoms with E-state index in [0.29, 0.717) is 12.1 Å². The van der Waals surface area contributed by atoms with Crippen molar-refractivity contribution in [3.05, 3.63) is 29.8 Å². The van der Waals surface area contributed by atoms with Gasteiger partial charge in [0.05, 0.1) is 24.7 Å². The number of morpholine rings is 1. The van der Waals surface area contributed by atoms with Crippen molar-refractivity contribution < 1.29 is 18.3 Å². The van der Waals surface area contributed by atoms with E-state index in [4.69, 9.17) is 9.84 Å². The molecule has 1 aliphatic heterocycles. The van der Waals surface area contributed by atoms with Gasteiger partial charge in [0.2, 0.25) is 10.0 Å². The minimum Gasteiger partial charge on any atom is -0.392 e. The zero-order valence-electron chi connectivity index (χ0n) is 12.0. The van der Waals surface area contributed by atoms with E-state index >= 15 is 0 Å². The number of nitrogens with zero attached hydrogens (tertiary/aromatic N) is 1. The van der Waals surface area contributed by atoms with Gasteiger partial charge in [-0.2, -0.15) is 0 Å². The van der Waals surface area contributed by atoms with Gasteiger partial charge in [-0.25, -0.2) is 13.1 Å². The molecule has 0 saturated carbocycles. The van der Waals surface area contributed by atoms with Crippen LogP contribution in [0.4, 0.5) is 0 Å². The summed E-state index contributed by atoms with van der Waals surface area (Å²) in [6, 6.07) is 6.35. The molecular formula is C14H22N2O4S. The van der Waals surface area contributed by atoms with Crippen molar-refractivity contribution in [3.8, 4) is 0 Å². The summed E-state index contributed by atoms with van der Waals surface area (Å²) in [5, 5.41) is 9.06. The van der Waals surface area contributed by atoms with E-state index in [1.54, 1.807) is 12.1 Å². The largest absolute Gasteiger partial charge is 0.392 e. The van der Waals surface area contributed by atoms with E-state index in [1.165, 1.54) is 12.1 Å². The number of aliphatic hydroxyl groups excluding tert-OH is 1. The van der Waals surface area contributed by atoms with Crippen LogP contribution in [0.25, 0.3) is 0 Å². The summed E-state index contributed by atoms with van der Waals surface area (Å²) in [5.41, 5.74) is 0.589. The Morgan fingerprint density at radius 2 is 2.05 bits per heavy atom. The highest BCUT2D eigenvalue weighted by Crippen LogP contribution is 2.11. The first kappa shape index (κ1) is 16.4. The quantitative estimate of drug-likeness (QED) is 0.702. The number of hydrogen-bond donors (Lipinski definition) is 2. The lowest BCUT2D eigenvalue weighted by Crippen LogP contribution is -2.38. The van der Waals surface area contributed by atoms with Gasteiger partial charge in [0.15, 0.2) is 0 Å². The summed E-state index contributed by atoms with van der Waals surface area (Å²) < 4.78 is 32.1. The van der Waals surface area contributed by atoms with Crippen LogP contribution in [-0.2, 0) is 21.4 Å². The van der Waals surface area contributed by atoms with Gasteiger partial charge in [0, 0.05) is 19.6 Å². The van der Waals surface area contributed by atoms with Crippen LogP contribution >= 0.6 is 0 Å². The zero-order valence-corrected chi connectivity index (χ0v) is 12.8. The summed E-state index contributed by atoms with van der Waals surface area (Å²) in [4.78, 5) is 2.46. The van der Waals surface area contributed by atoms with Crippen LogP contribution in [0, 0.1) is 0 Å². The Labute approximate surface area is 125 Å². The molecule has 2 N–H and O–H groups in total. The van der Waals surface area contributed by atoms with Crippen molar-refractivity contribution >= 4 is 10.0 Å². The number of benzene rings is 1. The number of ether oxygens (including phenoxy) is 1. The van der Waals surface area contributed by atoms with Gasteiger partial charge >= 0.3 is 0 Å². The second-order valence-electron chi connectivity index (χ2n) is 5.01. The van der Waals surface area contributed by atoms with Gasteiger partial charge in [0.25, 0.3) is 0 Å². The lowest BCUT2D eigenvalue weighted by Gasteiger charge is -2.26. The molecule has 1 aromatic carbocycles. The van der Waals surface area contributed by atoms with E-state index in [1.807, 2.05) is 0 Å². The van der Waals surface area contributed by atoms with Gasteiger partial charge in [0.1, 0.15) is 0 Å². The second kappa shape index (κ2) is 7.86. The highest BCUT2D eigenvalue weighted by molar-refractivity contribution is 7.89. The molecule has 0 unspecified atom stereocenters. The summed E-state index contributed by atoms with van der Waals surface area (Å²) in [7, 11) is -3.50. The molecule has 0 bridgehead atoms. The molecule has 6 nitrogen and oxygen atoms in total. The molecule has 1 fully saturated rings. The molecule has 1 heterocycles. The van der Waals surface area contributed by atoms with E-state index in [0.717, 1.165) is 39.3 Å². The molecule has 21 heavy (non-hydrogen) atoms. The predicted molar refractivity (Wildman–Crippen MR) is 79.4 cm³/mol. The molecule has 0 radical (unpaired) electrons. The average molecular weight is 314 g/mol. The molecule has 118 valence electrons. The van der Waals surface area contributed by atoms with Gasteiger partial charge in [-0.05, 0) is 30.7 Å². The van der Waals surface area contributed by atoms with Gasteiger partial charge in [-0.3, -0.25) is 4.90 Å². The highest BCUT2D eigenvalue weighted by Gasteiger charge is 2.14. The molecule has 0 aromatic heterocycles. The average Bonchev–Trinajstić information content (AvgIpc) is 2.53. The standard InChI is InChI=1S/C14H22N2O4S/c17-12-13-3-1-4-14(11-13)21(18,19)15-5-2-6-16-7-9-20-10-8-16/h1,3-4,11,15,17H,2,5-10,12H2. The van der Waals surface area contributed by atoms with Crippen molar-refractivity contribution in [2.45, 2.75) is 17.9 Å². The molecule has 0 aliphatic carbocycles. The summed E-state index contributed by atoms with van der Waals surface area (Å²) in [5.74, 6) is 0. The first-order valence-electron chi connectivity index (χ1n) is 7.11. The van der Waals surface area contributed by atoms with Crippen molar-refractivity contribution in [2.75, 3.05) is 39.4 Å². The molecule has 1 aromatic rings. The lowest BCUT2D eigenvalue weighted by atomic mass is 10.2. The second-order valence-corrected chi connectivity index (χ2v) is 6.78. The maximum atomic E-state index is 12.1. The Balaban J connectivity index is 1.80. The fourth-order valence-corrected chi connectivity index (χ4v) is 3.37. The van der Waals surface area contributed by atoms with Crippen LogP contribution in [0.5, 0.6) is 0 Å². The van der Waals surface area contributed by atoms with Crippen molar-refractivity contribution in [2.24, 2.45) is 0 Å². The van der Waals surface area contributed by atoms with Crippen molar-refractivity contribution in [3.63, 3.8) is 0 Å². The molecule has 2 rings (SSSR count). The summed E-state index contributed by atoms with van der Waals surface area (Å²) in [6.45, 7) is 4.42. The molecule has 0 amide bonds. The highest BCUT2D eigenvalue weighted by atomic mass is 32.2. The van der Waals surface area contributed by atoms with Crippen LogP contribution in [-0.4, -0.2) is 57.8 Å². The number of aliphatic hydroxyl groups is 1. The van der Waals surface area contributed by atoms with Crippen LogP contribution in [0.15, 0.2) is 29.2 Å². The Morgan fingerprint density at radius 1 is 1.29 bits per heavy atom. The first-order chi connectivity index (χ1) is 10.1. The Bertz CT molecular complexity index is 542. The monoisotopic (exact) mass is 314 g/mol. The van der Waals surface area contributed by atoms with E-state index < -0.39 is 10.0 Å². The van der Waals surface area contributed by atoms with Crippen LogP contribution in [0.3, 0.4) is 0 Å². The minimum atomic E-state index is -3.50. The van der Waals surface area contributed by atoms with Crippen LogP contribution < -0.4 is 4.72 Å². The maximum absolute atomic E-state index is 12.1. The molecule has 1 aliphatic rings. The number of rotatable bonds is 7. The smallest absolute Gasteiger partial charge is 0.240 e. The number of sulfonamides is 1. The third-order valence-corrected chi connectivity index (χ3v) is 4.90. The summed E-state index contributed by atoms with van der Waals surface area (Å²) >= 11 is 0. The first-order valence-corrected chi connectivity index (χ1v) is 8.60. The van der Waals surface area contributed by atoms with E-state index in [2.05, 4.69) is 9.62 Å². The molecule has 7 heteroatoms. The summed E-state index contributed by atoms with van der Waals surface area (Å²) in [6.07, 6.45) is 0.763. The molecule has 1 saturated heterocycles. The van der Waals surface area contributed by atoms with Gasteiger partial charge in [-0.15, -0.1) is 0 Å². The Hall–Kier alpha value is -0.990. The van der Waals surface area contributed by atoms with Crippen LogP contribution in [0.1, 0.15) is 12.0 Å². The number of nitrogens with one attached hydrogen (secondary N) is 1. The normalized spacial score (nSPS) is 17.0. The predicted octanol–water partition coefficient (Wildman–Crippen LogP) is 0.180. The van der Waals surface area contributed by atoms with E-state index in [9.17, 15) is 8.42 Å². The van der Waals surface area contributed by atoms with Crippen LogP contribution in [0.2, 0.25) is 0 Å². The van der Waals surface area contributed by atoms with Crippen molar-refractivity contribution in [1.29, 1.82) is 0 Å². The fraction of sp³-hybridized carbons (Fsp3) is 0.571. The Morgan fingerprint density at radius 3 is 2.76 bits per heavy atom. The lowest BCUT2D eigenvalue weighted by molar-refractivity contribution is 0.0376. The van der Waals surface area contributed by atoms with Crippen molar-refractivity contribution in [1.82, 2.24) is 9.62 Å². The Kier molecular flexibility index (Phi) is 6.13. The van der Waals surface area contributed by atoms with Gasteiger partial charge in [-0.1, -0.05) is 12.1 Å². The SMILES string of the molecule is O=S(=O)(NCCCN1CCOCC1)c1cccc(CO)c1.